The Morgan fingerprint density at radius 1 is 1.03 bits per heavy atom. The van der Waals surface area contributed by atoms with Crippen LogP contribution < -0.4 is 9.80 Å². The summed E-state index contributed by atoms with van der Waals surface area (Å²) in [5, 5.41) is 0. The lowest BCUT2D eigenvalue weighted by Crippen LogP contribution is -2.44. The minimum Gasteiger partial charge on any atom is -0.466 e. The summed E-state index contributed by atoms with van der Waals surface area (Å²) in [5.41, 5.74) is 5.57. The molecule has 1 aromatic carbocycles. The van der Waals surface area contributed by atoms with E-state index in [9.17, 15) is 4.79 Å². The molecule has 2 aliphatic heterocycles. The Kier molecular flexibility index (Phi) is 3.60. The summed E-state index contributed by atoms with van der Waals surface area (Å²) < 4.78 is 5.80. The van der Waals surface area contributed by atoms with Crippen LogP contribution in [0.4, 0.5) is 11.4 Å². The molecule has 3 heterocycles. The minimum atomic E-state index is -0.00861. The lowest BCUT2D eigenvalue weighted by Gasteiger charge is -2.35. The number of ketones is 1. The van der Waals surface area contributed by atoms with E-state index in [0.29, 0.717) is 18.4 Å². The lowest BCUT2D eigenvalue weighted by atomic mass is 9.96. The van der Waals surface area contributed by atoms with Gasteiger partial charge in [-0.1, -0.05) is 12.1 Å². The third-order valence-corrected chi connectivity index (χ3v) is 6.98. The molecule has 4 aliphatic rings. The highest BCUT2D eigenvalue weighted by molar-refractivity contribution is 6.12. The Morgan fingerprint density at radius 3 is 2.28 bits per heavy atom. The fourth-order valence-corrected chi connectivity index (χ4v) is 5.47. The molecule has 1 unspecified atom stereocenters. The van der Waals surface area contributed by atoms with Crippen molar-refractivity contribution in [3.8, 4) is 0 Å². The number of nitrogens with zero attached hydrogens (tertiary/aromatic N) is 2. The molecule has 0 amide bonds. The maximum absolute atomic E-state index is 13.3. The quantitative estimate of drug-likeness (QED) is 0.671. The summed E-state index contributed by atoms with van der Waals surface area (Å²) in [6.45, 7) is 6.53. The summed E-state index contributed by atoms with van der Waals surface area (Å²) in [6.07, 6.45) is 5.17. The van der Waals surface area contributed by atoms with Gasteiger partial charge in [-0.25, -0.2) is 0 Å². The zero-order chi connectivity index (χ0) is 19.9. The van der Waals surface area contributed by atoms with Gasteiger partial charge in [-0.05, 0) is 82.1 Å². The maximum atomic E-state index is 13.3. The van der Waals surface area contributed by atoms with Gasteiger partial charge in [0.25, 0.3) is 0 Å². The van der Waals surface area contributed by atoms with Crippen molar-refractivity contribution in [3.05, 3.63) is 59.0 Å². The molecule has 4 heteroatoms. The average Bonchev–Trinajstić information content (AvgIpc) is 3.61. The molecule has 1 radical (unpaired) electrons. The molecule has 149 valence electrons. The zero-order valence-electron chi connectivity index (χ0n) is 17.4. The first kappa shape index (κ1) is 17.4. The Morgan fingerprint density at radius 2 is 1.69 bits per heavy atom. The molecule has 0 N–H and O–H groups in total. The summed E-state index contributed by atoms with van der Waals surface area (Å²) in [7, 11) is 0. The molecule has 2 saturated carbocycles. The Labute approximate surface area is 172 Å². The van der Waals surface area contributed by atoms with Crippen LogP contribution in [0.5, 0.6) is 0 Å². The molecule has 1 atom stereocenters. The standard InChI is InChI=1S/C25H27N2O2/c1-14-12-19(16(3)29-14)15(2)23-22(28)13-26-20-6-4-5-7-21(20)27(25(23)26)24(17-8-9-17)18-10-11-18/h4-7,12,17-18,25H,8-11,13H2,1-3H3/b23-15-. The number of benzene rings is 1. The van der Waals surface area contributed by atoms with Crippen molar-refractivity contribution in [2.75, 3.05) is 16.3 Å². The summed E-state index contributed by atoms with van der Waals surface area (Å²) in [6, 6.07) is 12.3. The van der Waals surface area contributed by atoms with E-state index in [0.717, 1.165) is 28.2 Å². The minimum absolute atomic E-state index is 0.00861. The van der Waals surface area contributed by atoms with E-state index in [2.05, 4.69) is 47.1 Å². The predicted octanol–water partition coefficient (Wildman–Crippen LogP) is 5.26. The SMILES string of the molecule is C/C(=C1\C(=O)CN2c3ccccc3N([C](C3CC3)C3CC3)C12)c1cc(C)oc1C. The van der Waals surface area contributed by atoms with Crippen molar-refractivity contribution in [2.24, 2.45) is 11.8 Å². The molecule has 4 nitrogen and oxygen atoms in total. The Hall–Kier alpha value is -2.49. The van der Waals surface area contributed by atoms with Crippen LogP contribution in [0.2, 0.25) is 0 Å². The van der Waals surface area contributed by atoms with E-state index < -0.39 is 0 Å². The molecular weight excluding hydrogens is 360 g/mol. The second-order valence-corrected chi connectivity index (χ2v) is 9.12. The second-order valence-electron chi connectivity index (χ2n) is 9.12. The number of hydrogen-bond donors (Lipinski definition) is 0. The van der Waals surface area contributed by atoms with E-state index in [1.807, 2.05) is 13.8 Å². The average molecular weight is 388 g/mol. The first-order chi connectivity index (χ1) is 14.0. The molecular formula is C25H27N2O2. The van der Waals surface area contributed by atoms with Gasteiger partial charge in [0.2, 0.25) is 0 Å². The summed E-state index contributed by atoms with van der Waals surface area (Å²) in [5.74, 6) is 3.44. The van der Waals surface area contributed by atoms with Crippen molar-refractivity contribution in [1.82, 2.24) is 0 Å². The van der Waals surface area contributed by atoms with Gasteiger partial charge in [-0.3, -0.25) is 4.79 Å². The molecule has 2 aromatic rings. The van der Waals surface area contributed by atoms with Crippen LogP contribution in [0.25, 0.3) is 5.57 Å². The number of hydrogen-bond acceptors (Lipinski definition) is 4. The van der Waals surface area contributed by atoms with E-state index in [1.54, 1.807) is 6.04 Å². The highest BCUT2D eigenvalue weighted by Crippen LogP contribution is 2.58. The number of furan rings is 1. The fourth-order valence-electron chi connectivity index (χ4n) is 5.47. The number of allylic oxidation sites excluding steroid dienone is 1. The number of rotatable bonds is 4. The smallest absolute Gasteiger partial charge is 0.182 e. The van der Waals surface area contributed by atoms with Crippen LogP contribution in [0, 0.1) is 31.7 Å². The van der Waals surface area contributed by atoms with E-state index in [-0.39, 0.29) is 11.9 Å². The van der Waals surface area contributed by atoms with Crippen LogP contribution in [0.3, 0.4) is 0 Å². The van der Waals surface area contributed by atoms with Crippen molar-refractivity contribution in [3.63, 3.8) is 0 Å². The van der Waals surface area contributed by atoms with E-state index >= 15 is 0 Å². The molecule has 0 bridgehead atoms. The number of carbonyl (C=O) groups is 1. The fraction of sp³-hybridized carbons (Fsp3) is 0.440. The highest BCUT2D eigenvalue weighted by Gasteiger charge is 2.55. The largest absolute Gasteiger partial charge is 0.466 e. The number of carbonyl (C=O) groups excluding carboxylic acids is 1. The van der Waals surface area contributed by atoms with Crippen LogP contribution in [-0.2, 0) is 4.79 Å². The predicted molar refractivity (Wildman–Crippen MR) is 115 cm³/mol. The van der Waals surface area contributed by atoms with Gasteiger partial charge >= 0.3 is 0 Å². The second kappa shape index (κ2) is 6.01. The molecule has 0 spiro atoms. The van der Waals surface area contributed by atoms with Crippen LogP contribution in [0.15, 0.2) is 40.3 Å². The Balaban J connectivity index is 1.53. The maximum Gasteiger partial charge on any atom is 0.182 e. The number of anilines is 2. The van der Waals surface area contributed by atoms with Gasteiger partial charge in [0.05, 0.1) is 24.0 Å². The van der Waals surface area contributed by atoms with Crippen LogP contribution in [0.1, 0.15) is 49.7 Å². The zero-order valence-corrected chi connectivity index (χ0v) is 17.4. The van der Waals surface area contributed by atoms with Crippen LogP contribution >= 0.6 is 0 Å². The van der Waals surface area contributed by atoms with Gasteiger partial charge in [0.1, 0.15) is 17.7 Å². The number of Topliss-reactive ketones (excluding diaryl/α,β-unsaturated/α-hetero) is 1. The first-order valence-electron chi connectivity index (χ1n) is 10.9. The van der Waals surface area contributed by atoms with Gasteiger partial charge in [0, 0.05) is 11.1 Å². The first-order valence-corrected chi connectivity index (χ1v) is 10.9. The summed E-state index contributed by atoms with van der Waals surface area (Å²) >= 11 is 0. The van der Waals surface area contributed by atoms with Gasteiger partial charge in [0.15, 0.2) is 5.78 Å². The Bertz CT molecular complexity index is 1030. The van der Waals surface area contributed by atoms with Crippen LogP contribution in [-0.4, -0.2) is 18.5 Å². The van der Waals surface area contributed by atoms with E-state index in [1.165, 1.54) is 37.1 Å². The number of para-hydroxylation sites is 2. The highest BCUT2D eigenvalue weighted by atomic mass is 16.3. The van der Waals surface area contributed by atoms with Gasteiger partial charge in [-0.2, -0.15) is 0 Å². The molecule has 2 aliphatic carbocycles. The summed E-state index contributed by atoms with van der Waals surface area (Å²) in [4.78, 5) is 18.2. The molecule has 1 aromatic heterocycles. The normalized spacial score (nSPS) is 25.1. The van der Waals surface area contributed by atoms with E-state index in [4.69, 9.17) is 4.42 Å². The third-order valence-electron chi connectivity index (χ3n) is 6.98. The lowest BCUT2D eigenvalue weighted by molar-refractivity contribution is -0.113. The molecule has 1 saturated heterocycles. The van der Waals surface area contributed by atoms with Gasteiger partial charge in [-0.15, -0.1) is 0 Å². The van der Waals surface area contributed by atoms with Crippen molar-refractivity contribution >= 4 is 22.7 Å². The van der Waals surface area contributed by atoms with Crippen molar-refractivity contribution < 1.29 is 9.21 Å². The number of fused-ring (bicyclic) bond motifs is 3. The van der Waals surface area contributed by atoms with Gasteiger partial charge < -0.3 is 14.2 Å². The van der Waals surface area contributed by atoms with Crippen molar-refractivity contribution in [2.45, 2.75) is 52.6 Å². The number of aryl methyl sites for hydroxylation is 2. The third kappa shape index (κ3) is 2.54. The monoisotopic (exact) mass is 387 g/mol. The molecule has 29 heavy (non-hydrogen) atoms. The van der Waals surface area contributed by atoms with Crippen molar-refractivity contribution in [1.29, 1.82) is 0 Å². The molecule has 6 rings (SSSR count). The topological polar surface area (TPSA) is 36.7 Å². The molecule has 3 fully saturated rings.